The van der Waals surface area contributed by atoms with Crippen LogP contribution in [0.2, 0.25) is 0 Å². The van der Waals surface area contributed by atoms with Gasteiger partial charge in [0.05, 0.1) is 19.9 Å². The van der Waals surface area contributed by atoms with Crippen LogP contribution in [0.5, 0.6) is 11.5 Å². The van der Waals surface area contributed by atoms with Crippen LogP contribution in [0.25, 0.3) is 0 Å². The second-order valence-corrected chi connectivity index (χ2v) is 4.64. The molecule has 0 saturated carbocycles. The molecule has 0 bridgehead atoms. The van der Waals surface area contributed by atoms with E-state index in [-0.39, 0.29) is 12.2 Å². The number of methoxy groups -OCH3 is 2. The molecule has 23 heavy (non-hydrogen) atoms. The lowest BCUT2D eigenvalue weighted by atomic mass is 10.0. The Morgan fingerprint density at radius 1 is 1.22 bits per heavy atom. The molecule has 0 aromatic heterocycles. The minimum Gasteiger partial charge on any atom is -0.497 e. The van der Waals surface area contributed by atoms with Crippen LogP contribution in [0.1, 0.15) is 0 Å². The van der Waals surface area contributed by atoms with Crippen molar-refractivity contribution < 1.29 is 28.7 Å². The molecule has 0 aliphatic carbocycles. The number of hydrogen-bond donors (Lipinski definition) is 3. The van der Waals surface area contributed by atoms with Crippen LogP contribution in [0.15, 0.2) is 18.2 Å². The topological polar surface area (TPSA) is 123 Å². The number of hydrogen-bond acceptors (Lipinski definition) is 6. The van der Waals surface area contributed by atoms with Crippen LogP contribution < -0.4 is 25.4 Å². The predicted molar refractivity (Wildman–Crippen MR) is 78.2 cm³/mol. The molecule has 1 saturated heterocycles. The predicted octanol–water partition coefficient (Wildman–Crippen LogP) is -0.333. The van der Waals surface area contributed by atoms with Crippen LogP contribution in [-0.2, 0) is 14.4 Å². The molecule has 2 rings (SSSR count). The van der Waals surface area contributed by atoms with E-state index in [2.05, 4.69) is 10.6 Å². The first-order valence-corrected chi connectivity index (χ1v) is 6.62. The van der Waals surface area contributed by atoms with E-state index in [9.17, 15) is 19.2 Å². The lowest BCUT2D eigenvalue weighted by molar-refractivity contribution is -0.141. The van der Waals surface area contributed by atoms with E-state index in [1.807, 2.05) is 5.32 Å². The van der Waals surface area contributed by atoms with Crippen LogP contribution >= 0.6 is 0 Å². The molecular formula is C14H15N3O6. The largest absolute Gasteiger partial charge is 0.497 e. The number of benzene rings is 1. The number of nitrogens with one attached hydrogen (secondary N) is 3. The molecule has 1 aromatic carbocycles. The third-order valence-corrected chi connectivity index (χ3v) is 3.22. The maximum absolute atomic E-state index is 12.1. The minimum atomic E-state index is -1.27. The van der Waals surface area contributed by atoms with Crippen molar-refractivity contribution in [3.8, 4) is 11.5 Å². The summed E-state index contributed by atoms with van der Waals surface area (Å²) < 4.78 is 10.1. The average Bonchev–Trinajstić information content (AvgIpc) is 2.54. The van der Waals surface area contributed by atoms with Gasteiger partial charge in [0.25, 0.3) is 5.91 Å². The average molecular weight is 321 g/mol. The van der Waals surface area contributed by atoms with E-state index in [4.69, 9.17) is 9.47 Å². The second kappa shape index (κ2) is 6.77. The number of carbonyl (C=O) groups excluding carboxylic acids is 4. The fourth-order valence-corrected chi connectivity index (χ4v) is 1.99. The van der Waals surface area contributed by atoms with Crippen molar-refractivity contribution in [3.63, 3.8) is 0 Å². The fraction of sp³-hybridized carbons (Fsp3) is 0.286. The smallest absolute Gasteiger partial charge is 0.321 e. The number of rotatable bonds is 5. The highest BCUT2D eigenvalue weighted by atomic mass is 16.5. The number of ether oxygens (including phenoxy) is 2. The Morgan fingerprint density at radius 3 is 2.57 bits per heavy atom. The number of imide groups is 1. The van der Waals surface area contributed by atoms with Gasteiger partial charge in [-0.2, -0.15) is 0 Å². The molecule has 1 aromatic rings. The molecule has 0 spiro atoms. The summed E-state index contributed by atoms with van der Waals surface area (Å²) in [6.45, 7) is -0.226. The summed E-state index contributed by atoms with van der Waals surface area (Å²) >= 11 is 0. The quantitative estimate of drug-likeness (QED) is 0.504. The van der Waals surface area contributed by atoms with Crippen molar-refractivity contribution in [2.24, 2.45) is 5.92 Å². The normalized spacial score (nSPS) is 16.9. The molecule has 1 aliphatic rings. The van der Waals surface area contributed by atoms with Gasteiger partial charge in [-0.3, -0.25) is 19.7 Å². The molecule has 1 heterocycles. The van der Waals surface area contributed by atoms with E-state index in [0.29, 0.717) is 11.5 Å². The molecule has 1 fully saturated rings. The molecule has 0 radical (unpaired) electrons. The van der Waals surface area contributed by atoms with Crippen LogP contribution in [0.3, 0.4) is 0 Å². The highest BCUT2D eigenvalue weighted by molar-refractivity contribution is 6.44. The highest BCUT2D eigenvalue weighted by Crippen LogP contribution is 2.29. The number of anilines is 1. The zero-order valence-electron chi connectivity index (χ0n) is 12.5. The van der Waals surface area contributed by atoms with Gasteiger partial charge in [-0.1, -0.05) is 0 Å². The summed E-state index contributed by atoms with van der Waals surface area (Å²) in [4.78, 5) is 46.6. The van der Waals surface area contributed by atoms with Gasteiger partial charge in [-0.15, -0.1) is 0 Å². The van der Waals surface area contributed by atoms with Crippen molar-refractivity contribution in [1.29, 1.82) is 0 Å². The first-order chi connectivity index (χ1) is 11.0. The second-order valence-electron chi connectivity index (χ2n) is 4.64. The molecule has 0 unspecified atom stereocenters. The third-order valence-electron chi connectivity index (χ3n) is 3.22. The summed E-state index contributed by atoms with van der Waals surface area (Å²) in [5.41, 5.74) is 0.256. The number of Topliss-reactive ketones (excluding diaryl/α,β-unsaturated/α-hetero) is 1. The maximum Gasteiger partial charge on any atom is 0.321 e. The Morgan fingerprint density at radius 2 is 1.96 bits per heavy atom. The van der Waals surface area contributed by atoms with Gasteiger partial charge >= 0.3 is 6.03 Å². The molecule has 3 N–H and O–H groups in total. The van der Waals surface area contributed by atoms with E-state index in [1.165, 1.54) is 26.4 Å². The van der Waals surface area contributed by atoms with Gasteiger partial charge in [0, 0.05) is 12.6 Å². The van der Waals surface area contributed by atoms with Crippen molar-refractivity contribution in [1.82, 2.24) is 10.6 Å². The molecule has 1 atom stereocenters. The Balaban J connectivity index is 2.11. The number of urea groups is 1. The van der Waals surface area contributed by atoms with Crippen molar-refractivity contribution in [3.05, 3.63) is 18.2 Å². The Labute approximate surface area is 131 Å². The number of carbonyl (C=O) groups is 4. The van der Waals surface area contributed by atoms with Crippen molar-refractivity contribution in [2.45, 2.75) is 0 Å². The maximum atomic E-state index is 12.1. The Bertz CT molecular complexity index is 672. The van der Waals surface area contributed by atoms with E-state index >= 15 is 0 Å². The third kappa shape index (κ3) is 3.57. The molecule has 4 amide bonds. The first kappa shape index (κ1) is 16.3. The first-order valence-electron chi connectivity index (χ1n) is 6.62. The summed E-state index contributed by atoms with van der Waals surface area (Å²) in [6, 6.07) is 3.92. The van der Waals surface area contributed by atoms with Gasteiger partial charge < -0.3 is 20.1 Å². The molecule has 122 valence electrons. The van der Waals surface area contributed by atoms with Gasteiger partial charge in [-0.25, -0.2) is 4.79 Å². The van der Waals surface area contributed by atoms with Gasteiger partial charge in [0.15, 0.2) is 0 Å². The molecule has 9 heteroatoms. The van der Waals surface area contributed by atoms with Crippen molar-refractivity contribution >= 4 is 29.3 Å². The van der Waals surface area contributed by atoms with Crippen molar-refractivity contribution in [2.75, 3.05) is 26.1 Å². The number of amides is 4. The standard InChI is InChI=1S/C14H15N3O6/c1-22-7-3-4-9(10(5-7)23-2)16-13(20)11(18)8-6-15-14(21)17-12(8)19/h3-5,8H,6H2,1-2H3,(H,16,20)(H2,15,17,19,21)/t8-/m0/s1. The van der Waals surface area contributed by atoms with Crippen LogP contribution in [0, 0.1) is 5.92 Å². The van der Waals surface area contributed by atoms with Gasteiger partial charge in [-0.05, 0) is 12.1 Å². The highest BCUT2D eigenvalue weighted by Gasteiger charge is 2.36. The van der Waals surface area contributed by atoms with E-state index in [0.717, 1.165) is 0 Å². The lowest BCUT2D eigenvalue weighted by Crippen LogP contribution is -2.56. The van der Waals surface area contributed by atoms with Gasteiger partial charge in [0.1, 0.15) is 17.4 Å². The number of ketones is 1. The van der Waals surface area contributed by atoms with Gasteiger partial charge in [0.2, 0.25) is 11.7 Å². The van der Waals surface area contributed by atoms with Crippen LogP contribution in [-0.4, -0.2) is 44.4 Å². The zero-order chi connectivity index (χ0) is 17.0. The summed E-state index contributed by atoms with van der Waals surface area (Å²) in [7, 11) is 2.88. The van der Waals surface area contributed by atoms with Crippen LogP contribution in [0.4, 0.5) is 10.5 Å². The Kier molecular flexibility index (Phi) is 4.79. The molecular weight excluding hydrogens is 306 g/mol. The molecule has 1 aliphatic heterocycles. The fourth-order valence-electron chi connectivity index (χ4n) is 1.99. The summed E-state index contributed by atoms with van der Waals surface area (Å²) in [6.07, 6.45) is 0. The SMILES string of the molecule is COc1ccc(NC(=O)C(=O)[C@@H]2CNC(=O)NC2=O)c(OC)c1. The lowest BCUT2D eigenvalue weighted by Gasteiger charge is -2.20. The van der Waals surface area contributed by atoms with E-state index in [1.54, 1.807) is 6.07 Å². The minimum absolute atomic E-state index is 0.226. The zero-order valence-corrected chi connectivity index (χ0v) is 12.5. The summed E-state index contributed by atoms with van der Waals surface area (Å²) in [5.74, 6) is -3.20. The molecule has 9 nitrogen and oxygen atoms in total. The summed E-state index contributed by atoms with van der Waals surface area (Å²) in [5, 5.41) is 6.60. The Hall–Kier alpha value is -3.10. The van der Waals surface area contributed by atoms with E-state index < -0.39 is 29.5 Å². The monoisotopic (exact) mass is 321 g/mol.